The molecule has 0 spiro atoms. The van der Waals surface area contributed by atoms with Crippen molar-refractivity contribution in [3.63, 3.8) is 0 Å². The quantitative estimate of drug-likeness (QED) is 0.707. The number of tetrazole rings is 1. The summed E-state index contributed by atoms with van der Waals surface area (Å²) in [6, 6.07) is 12.4. The van der Waals surface area contributed by atoms with E-state index >= 15 is 0 Å². The second kappa shape index (κ2) is 7.44. The van der Waals surface area contributed by atoms with Crippen LogP contribution >= 0.6 is 0 Å². The first-order valence-corrected chi connectivity index (χ1v) is 7.80. The van der Waals surface area contributed by atoms with Crippen molar-refractivity contribution in [2.75, 3.05) is 5.32 Å². The minimum Gasteiger partial charge on any atom is -0.406 e. The summed E-state index contributed by atoms with van der Waals surface area (Å²) in [6.07, 6.45) is -4.74. The normalized spacial score (nSPS) is 11.3. The summed E-state index contributed by atoms with van der Waals surface area (Å²) >= 11 is 0. The fraction of sp³-hybridized carbons (Fsp3) is 0.176. The molecule has 1 aromatic heterocycles. The van der Waals surface area contributed by atoms with Gasteiger partial charge in [0.2, 0.25) is 5.82 Å². The zero-order valence-electron chi connectivity index (χ0n) is 14.1. The number of Topliss-reactive ketones (excluding diaryl/α,β-unsaturated/α-hetero) is 1. The van der Waals surface area contributed by atoms with Gasteiger partial charge in [-0.3, -0.25) is 4.79 Å². The number of ether oxygens (including phenoxy) is 1. The topological polar surface area (TPSA) is 81.9 Å². The average molecular weight is 377 g/mol. The van der Waals surface area contributed by atoms with Crippen LogP contribution < -0.4 is 10.1 Å². The van der Waals surface area contributed by atoms with Crippen molar-refractivity contribution in [3.8, 4) is 17.1 Å². The largest absolute Gasteiger partial charge is 0.573 e. The Morgan fingerprint density at radius 3 is 2.52 bits per heavy atom. The molecule has 3 aromatic rings. The number of para-hydroxylation sites is 1. The van der Waals surface area contributed by atoms with E-state index in [0.717, 1.165) is 0 Å². The molecule has 1 N–H and O–H groups in total. The lowest BCUT2D eigenvalue weighted by Gasteiger charge is -2.12. The molecule has 1 heterocycles. The highest BCUT2D eigenvalue weighted by Gasteiger charge is 2.30. The van der Waals surface area contributed by atoms with Gasteiger partial charge in [0.05, 0.1) is 0 Å². The number of halogens is 3. The number of nitrogens with zero attached hydrogens (tertiary/aromatic N) is 4. The van der Waals surface area contributed by atoms with E-state index < -0.39 is 6.36 Å². The van der Waals surface area contributed by atoms with Crippen LogP contribution in [0.5, 0.6) is 5.75 Å². The van der Waals surface area contributed by atoms with E-state index in [4.69, 9.17) is 0 Å². The van der Waals surface area contributed by atoms with E-state index in [0.29, 0.717) is 22.8 Å². The van der Waals surface area contributed by atoms with Crippen molar-refractivity contribution in [1.29, 1.82) is 0 Å². The van der Waals surface area contributed by atoms with E-state index in [1.54, 1.807) is 24.3 Å². The summed E-state index contributed by atoms with van der Waals surface area (Å²) in [4.78, 5) is 12.4. The van der Waals surface area contributed by atoms with Crippen LogP contribution in [0, 0.1) is 0 Å². The molecule has 0 atom stereocenters. The van der Waals surface area contributed by atoms with Crippen LogP contribution in [-0.2, 0) is 11.3 Å². The first-order chi connectivity index (χ1) is 12.8. The molecule has 0 radical (unpaired) electrons. The van der Waals surface area contributed by atoms with Crippen molar-refractivity contribution in [3.05, 3.63) is 48.5 Å². The lowest BCUT2D eigenvalue weighted by Crippen LogP contribution is -2.16. The molecule has 0 unspecified atom stereocenters. The van der Waals surface area contributed by atoms with Crippen LogP contribution in [0.1, 0.15) is 6.92 Å². The Bertz CT molecular complexity index is 938. The third-order valence-corrected chi connectivity index (χ3v) is 3.35. The number of rotatable bonds is 6. The van der Waals surface area contributed by atoms with Crippen molar-refractivity contribution < 1.29 is 22.7 Å². The fourth-order valence-corrected chi connectivity index (χ4v) is 2.30. The Labute approximate surface area is 151 Å². The molecule has 0 saturated heterocycles. The van der Waals surface area contributed by atoms with Gasteiger partial charge in [-0.1, -0.05) is 12.1 Å². The summed E-state index contributed by atoms with van der Waals surface area (Å²) in [6.45, 7) is 1.44. The molecule has 10 heteroatoms. The molecular weight excluding hydrogens is 363 g/mol. The zero-order chi connectivity index (χ0) is 19.4. The number of carbonyl (C=O) groups is 1. The van der Waals surface area contributed by atoms with E-state index in [2.05, 4.69) is 25.5 Å². The third-order valence-electron chi connectivity index (χ3n) is 3.35. The Morgan fingerprint density at radius 1 is 1.15 bits per heavy atom. The summed E-state index contributed by atoms with van der Waals surface area (Å²) in [7, 11) is 0. The summed E-state index contributed by atoms with van der Waals surface area (Å²) in [5, 5.41) is 15.0. The smallest absolute Gasteiger partial charge is 0.406 e. The van der Waals surface area contributed by atoms with Gasteiger partial charge in [0.15, 0.2) is 5.78 Å². The highest BCUT2D eigenvalue weighted by molar-refractivity contribution is 5.77. The second-order valence-corrected chi connectivity index (χ2v) is 5.59. The molecule has 0 aliphatic rings. The standard InChI is InChI=1S/C17H14F3N5O2/c1-11(26)10-25-23-16(22-24-25)14-4-2-3-5-15(14)21-12-6-8-13(9-7-12)27-17(18,19)20/h2-9,21H,10H2,1H3. The molecular formula is C17H14F3N5O2. The van der Waals surface area contributed by atoms with Gasteiger partial charge in [-0.15, -0.1) is 23.4 Å². The first kappa shape index (κ1) is 18.4. The van der Waals surface area contributed by atoms with E-state index in [9.17, 15) is 18.0 Å². The monoisotopic (exact) mass is 377 g/mol. The highest BCUT2D eigenvalue weighted by atomic mass is 19.4. The minimum atomic E-state index is -4.74. The van der Waals surface area contributed by atoms with E-state index in [1.165, 1.54) is 36.0 Å². The molecule has 0 aliphatic heterocycles. The van der Waals surface area contributed by atoms with Crippen LogP contribution in [0.25, 0.3) is 11.4 Å². The van der Waals surface area contributed by atoms with Gasteiger partial charge in [-0.2, -0.15) is 4.80 Å². The number of benzene rings is 2. The van der Waals surface area contributed by atoms with Gasteiger partial charge >= 0.3 is 6.36 Å². The third kappa shape index (κ3) is 5.03. The Morgan fingerprint density at radius 2 is 1.85 bits per heavy atom. The van der Waals surface area contributed by atoms with Crippen molar-refractivity contribution >= 4 is 17.2 Å². The number of ketones is 1. The van der Waals surface area contributed by atoms with Gasteiger partial charge < -0.3 is 10.1 Å². The van der Waals surface area contributed by atoms with Crippen LogP contribution in [0.4, 0.5) is 24.5 Å². The lowest BCUT2D eigenvalue weighted by atomic mass is 10.1. The molecule has 7 nitrogen and oxygen atoms in total. The number of hydrogen-bond donors (Lipinski definition) is 1. The Hall–Kier alpha value is -3.43. The molecule has 0 amide bonds. The summed E-state index contributed by atoms with van der Waals surface area (Å²) < 4.78 is 40.5. The number of aromatic nitrogens is 4. The van der Waals surface area contributed by atoms with Crippen molar-refractivity contribution in [1.82, 2.24) is 20.2 Å². The average Bonchev–Trinajstić information content (AvgIpc) is 3.03. The SMILES string of the molecule is CC(=O)Cn1nnc(-c2ccccc2Nc2ccc(OC(F)(F)F)cc2)n1. The van der Waals surface area contributed by atoms with Crippen molar-refractivity contribution in [2.45, 2.75) is 19.8 Å². The zero-order valence-corrected chi connectivity index (χ0v) is 14.1. The van der Waals surface area contributed by atoms with E-state index in [1.807, 2.05) is 0 Å². The first-order valence-electron chi connectivity index (χ1n) is 7.80. The predicted octanol–water partition coefficient (Wildman–Crippen LogP) is 3.57. The summed E-state index contributed by atoms with van der Waals surface area (Å²) in [5.74, 6) is -0.0990. The van der Waals surface area contributed by atoms with E-state index in [-0.39, 0.29) is 18.1 Å². The molecule has 3 rings (SSSR count). The molecule has 0 saturated carbocycles. The second-order valence-electron chi connectivity index (χ2n) is 5.59. The lowest BCUT2D eigenvalue weighted by molar-refractivity contribution is -0.274. The predicted molar refractivity (Wildman–Crippen MR) is 90.3 cm³/mol. The molecule has 0 fully saturated rings. The molecule has 0 aliphatic carbocycles. The van der Waals surface area contributed by atoms with Gasteiger partial charge in [0.25, 0.3) is 0 Å². The summed E-state index contributed by atoms with van der Waals surface area (Å²) in [5.41, 5.74) is 1.81. The van der Waals surface area contributed by atoms with Crippen LogP contribution in [0.3, 0.4) is 0 Å². The highest BCUT2D eigenvalue weighted by Crippen LogP contribution is 2.29. The maximum atomic E-state index is 12.2. The van der Waals surface area contributed by atoms with Crippen LogP contribution in [0.2, 0.25) is 0 Å². The number of nitrogens with one attached hydrogen (secondary N) is 1. The number of alkyl halides is 3. The molecule has 140 valence electrons. The Kier molecular flexibility index (Phi) is 5.06. The van der Waals surface area contributed by atoms with Gasteiger partial charge in [0.1, 0.15) is 12.3 Å². The number of carbonyl (C=O) groups excluding carboxylic acids is 1. The van der Waals surface area contributed by atoms with Gasteiger partial charge in [-0.05, 0) is 48.5 Å². The van der Waals surface area contributed by atoms with Crippen molar-refractivity contribution in [2.24, 2.45) is 0 Å². The van der Waals surface area contributed by atoms with Gasteiger partial charge in [0, 0.05) is 16.9 Å². The Balaban J connectivity index is 1.80. The molecule has 2 aromatic carbocycles. The maximum Gasteiger partial charge on any atom is 0.573 e. The molecule has 27 heavy (non-hydrogen) atoms. The molecule has 0 bridgehead atoms. The van der Waals surface area contributed by atoms with Crippen LogP contribution in [-0.4, -0.2) is 32.4 Å². The number of anilines is 2. The maximum absolute atomic E-state index is 12.2. The number of hydrogen-bond acceptors (Lipinski definition) is 6. The minimum absolute atomic E-state index is 0.0171. The van der Waals surface area contributed by atoms with Crippen LogP contribution in [0.15, 0.2) is 48.5 Å². The fourth-order valence-electron chi connectivity index (χ4n) is 2.30. The van der Waals surface area contributed by atoms with Gasteiger partial charge in [-0.25, -0.2) is 0 Å².